The SMILES string of the molecule is COCO[C@@H](c1ccccc1Cl)[C@H](C)OC(=O)NC1CC1. The van der Waals surface area contributed by atoms with Crippen LogP contribution < -0.4 is 5.32 Å². The Bertz CT molecular complexity index is 478. The van der Waals surface area contributed by atoms with Crippen molar-refractivity contribution >= 4 is 17.7 Å². The number of benzene rings is 1. The van der Waals surface area contributed by atoms with Crippen LogP contribution in [0.5, 0.6) is 0 Å². The van der Waals surface area contributed by atoms with Crippen LogP contribution in [0.4, 0.5) is 4.79 Å². The van der Waals surface area contributed by atoms with Gasteiger partial charge in [-0.1, -0.05) is 29.8 Å². The molecule has 0 unspecified atom stereocenters. The number of hydrogen-bond donors (Lipinski definition) is 1. The van der Waals surface area contributed by atoms with Gasteiger partial charge in [0.05, 0.1) is 0 Å². The van der Waals surface area contributed by atoms with Gasteiger partial charge in [-0.25, -0.2) is 4.79 Å². The average Bonchev–Trinajstić information content (AvgIpc) is 3.24. The Hall–Kier alpha value is -1.30. The van der Waals surface area contributed by atoms with Crippen molar-refractivity contribution in [1.29, 1.82) is 0 Å². The van der Waals surface area contributed by atoms with Crippen molar-refractivity contribution in [3.8, 4) is 0 Å². The number of carbonyl (C=O) groups excluding carboxylic acids is 1. The number of halogens is 1. The molecule has 6 heteroatoms. The summed E-state index contributed by atoms with van der Waals surface area (Å²) in [7, 11) is 1.54. The van der Waals surface area contributed by atoms with E-state index < -0.39 is 18.3 Å². The lowest BCUT2D eigenvalue weighted by molar-refractivity contribution is -0.112. The van der Waals surface area contributed by atoms with Crippen LogP contribution in [0.2, 0.25) is 5.02 Å². The summed E-state index contributed by atoms with van der Waals surface area (Å²) < 4.78 is 16.0. The zero-order valence-corrected chi connectivity index (χ0v) is 12.9. The molecule has 0 heterocycles. The number of hydrogen-bond acceptors (Lipinski definition) is 4. The van der Waals surface area contributed by atoms with E-state index in [0.29, 0.717) is 5.02 Å². The van der Waals surface area contributed by atoms with Crippen molar-refractivity contribution in [2.75, 3.05) is 13.9 Å². The van der Waals surface area contributed by atoms with Crippen molar-refractivity contribution in [3.05, 3.63) is 34.9 Å². The van der Waals surface area contributed by atoms with Crippen LogP contribution in [0.1, 0.15) is 31.4 Å². The quantitative estimate of drug-likeness (QED) is 0.785. The lowest BCUT2D eigenvalue weighted by atomic mass is 10.1. The molecule has 0 aromatic heterocycles. The van der Waals surface area contributed by atoms with E-state index in [1.807, 2.05) is 18.2 Å². The third-order valence-electron chi connectivity index (χ3n) is 3.20. The number of amides is 1. The van der Waals surface area contributed by atoms with Crippen molar-refractivity contribution in [3.63, 3.8) is 0 Å². The van der Waals surface area contributed by atoms with Crippen LogP contribution in [0.3, 0.4) is 0 Å². The summed E-state index contributed by atoms with van der Waals surface area (Å²) in [5.74, 6) is 0. The summed E-state index contributed by atoms with van der Waals surface area (Å²) in [5.41, 5.74) is 0.767. The lowest BCUT2D eigenvalue weighted by Gasteiger charge is -2.25. The lowest BCUT2D eigenvalue weighted by Crippen LogP contribution is -2.33. The summed E-state index contributed by atoms with van der Waals surface area (Å²) in [6.07, 6.45) is 0.625. The molecule has 1 N–H and O–H groups in total. The van der Waals surface area contributed by atoms with Crippen molar-refractivity contribution in [1.82, 2.24) is 5.32 Å². The van der Waals surface area contributed by atoms with E-state index in [4.69, 9.17) is 25.8 Å². The molecule has 2 atom stereocenters. The van der Waals surface area contributed by atoms with Crippen LogP contribution >= 0.6 is 11.6 Å². The van der Waals surface area contributed by atoms with E-state index in [-0.39, 0.29) is 12.8 Å². The van der Waals surface area contributed by atoms with Crippen molar-refractivity contribution in [2.45, 2.75) is 38.0 Å². The second-order valence-electron chi connectivity index (χ2n) is 5.04. The highest BCUT2D eigenvalue weighted by molar-refractivity contribution is 6.31. The first-order chi connectivity index (χ1) is 10.1. The molecule has 1 saturated carbocycles. The Balaban J connectivity index is 2.03. The zero-order valence-electron chi connectivity index (χ0n) is 12.2. The molecule has 1 fully saturated rings. The minimum Gasteiger partial charge on any atom is -0.443 e. The molecule has 116 valence electrons. The molecule has 1 amide bonds. The molecule has 0 spiro atoms. The Morgan fingerprint density at radius 2 is 2.14 bits per heavy atom. The summed E-state index contributed by atoms with van der Waals surface area (Å²) in [5, 5.41) is 3.35. The maximum Gasteiger partial charge on any atom is 0.407 e. The molecule has 5 nitrogen and oxygen atoms in total. The van der Waals surface area contributed by atoms with Crippen molar-refractivity contribution in [2.24, 2.45) is 0 Å². The van der Waals surface area contributed by atoms with Crippen LogP contribution in [0, 0.1) is 0 Å². The predicted molar refractivity (Wildman–Crippen MR) is 79.3 cm³/mol. The van der Waals surface area contributed by atoms with Gasteiger partial charge in [-0.3, -0.25) is 0 Å². The zero-order chi connectivity index (χ0) is 15.2. The molecule has 1 aliphatic carbocycles. The highest BCUT2D eigenvalue weighted by Gasteiger charge is 2.28. The molecule has 1 aromatic carbocycles. The average molecular weight is 314 g/mol. The summed E-state index contributed by atoms with van der Waals surface area (Å²) in [6, 6.07) is 7.58. The third-order valence-corrected chi connectivity index (χ3v) is 3.54. The highest BCUT2D eigenvalue weighted by atomic mass is 35.5. The standard InChI is InChI=1S/C15H20ClNO4/c1-10(21-15(18)17-11-7-8-11)14(20-9-19-2)12-5-3-4-6-13(12)16/h3-6,10-11,14H,7-9H2,1-2H3,(H,17,18)/t10-,14+/m0/s1. The maximum atomic E-state index is 11.7. The van der Waals surface area contributed by atoms with E-state index in [9.17, 15) is 4.79 Å². The Labute approximate surface area is 129 Å². The molecule has 0 saturated heterocycles. The first-order valence-corrected chi connectivity index (χ1v) is 7.31. The van der Waals surface area contributed by atoms with Gasteiger partial charge in [0.2, 0.25) is 0 Å². The van der Waals surface area contributed by atoms with Crippen LogP contribution in [0.15, 0.2) is 24.3 Å². The Kier molecular flexibility index (Phi) is 5.85. The maximum absolute atomic E-state index is 11.7. The van der Waals surface area contributed by atoms with Gasteiger partial charge < -0.3 is 19.5 Å². The van der Waals surface area contributed by atoms with Gasteiger partial charge in [-0.2, -0.15) is 0 Å². The van der Waals surface area contributed by atoms with Gasteiger partial charge in [0, 0.05) is 23.7 Å². The molecule has 0 aliphatic heterocycles. The molecule has 0 bridgehead atoms. The normalized spacial score (nSPS) is 17.1. The molecule has 21 heavy (non-hydrogen) atoms. The predicted octanol–water partition coefficient (Wildman–Crippen LogP) is 3.28. The summed E-state index contributed by atoms with van der Waals surface area (Å²) in [4.78, 5) is 11.7. The minimum atomic E-state index is -0.487. The fraction of sp³-hybridized carbons (Fsp3) is 0.533. The number of alkyl carbamates (subject to hydrolysis) is 1. The smallest absolute Gasteiger partial charge is 0.407 e. The second-order valence-corrected chi connectivity index (χ2v) is 5.45. The monoisotopic (exact) mass is 313 g/mol. The number of ether oxygens (including phenoxy) is 3. The first-order valence-electron chi connectivity index (χ1n) is 6.94. The fourth-order valence-corrected chi connectivity index (χ4v) is 2.23. The topological polar surface area (TPSA) is 56.8 Å². The number of rotatable bonds is 7. The Morgan fingerprint density at radius 1 is 1.43 bits per heavy atom. The van der Waals surface area contributed by atoms with Crippen LogP contribution in [-0.2, 0) is 14.2 Å². The van der Waals surface area contributed by atoms with Crippen LogP contribution in [0.25, 0.3) is 0 Å². The van der Waals surface area contributed by atoms with E-state index >= 15 is 0 Å². The van der Waals surface area contributed by atoms with Gasteiger partial charge in [0.15, 0.2) is 0 Å². The highest BCUT2D eigenvalue weighted by Crippen LogP contribution is 2.30. The van der Waals surface area contributed by atoms with Crippen molar-refractivity contribution < 1.29 is 19.0 Å². The molecule has 1 aliphatic rings. The Morgan fingerprint density at radius 3 is 2.76 bits per heavy atom. The molecule has 2 rings (SSSR count). The number of nitrogens with one attached hydrogen (secondary N) is 1. The first kappa shape index (κ1) is 16.1. The number of methoxy groups -OCH3 is 1. The van der Waals surface area contributed by atoms with Gasteiger partial charge in [0.1, 0.15) is 19.0 Å². The van der Waals surface area contributed by atoms with Crippen LogP contribution in [-0.4, -0.2) is 32.1 Å². The van der Waals surface area contributed by atoms with Gasteiger partial charge in [0.25, 0.3) is 0 Å². The third kappa shape index (κ3) is 4.88. The van der Waals surface area contributed by atoms with Gasteiger partial charge >= 0.3 is 6.09 Å². The fourth-order valence-electron chi connectivity index (χ4n) is 1.98. The van der Waals surface area contributed by atoms with Gasteiger partial charge in [-0.05, 0) is 25.8 Å². The molecule has 0 radical (unpaired) electrons. The van der Waals surface area contributed by atoms with E-state index in [0.717, 1.165) is 18.4 Å². The van der Waals surface area contributed by atoms with E-state index in [1.165, 1.54) is 7.11 Å². The largest absolute Gasteiger partial charge is 0.443 e. The summed E-state index contributed by atoms with van der Waals surface area (Å²) in [6.45, 7) is 1.87. The molecule has 1 aromatic rings. The second kappa shape index (κ2) is 7.64. The number of carbonyl (C=O) groups is 1. The summed E-state index contributed by atoms with van der Waals surface area (Å²) >= 11 is 6.20. The van der Waals surface area contributed by atoms with Gasteiger partial charge in [-0.15, -0.1) is 0 Å². The molecular weight excluding hydrogens is 294 g/mol. The van der Waals surface area contributed by atoms with E-state index in [1.54, 1.807) is 13.0 Å². The molecular formula is C15H20ClNO4. The minimum absolute atomic E-state index is 0.0911. The van der Waals surface area contributed by atoms with E-state index in [2.05, 4.69) is 5.32 Å².